The molecule has 0 aromatic carbocycles. The van der Waals surface area contributed by atoms with Gasteiger partial charge in [0.05, 0.1) is 0 Å². The van der Waals surface area contributed by atoms with Crippen LogP contribution in [0.5, 0.6) is 0 Å². The second-order valence-corrected chi connectivity index (χ2v) is 6.24. The van der Waals surface area contributed by atoms with Crippen LogP contribution >= 0.6 is 0 Å². The molecule has 5 heteroatoms. The average Bonchev–Trinajstić information content (AvgIpc) is 2.34. The van der Waals surface area contributed by atoms with E-state index in [1.165, 1.54) is 0 Å². The summed E-state index contributed by atoms with van der Waals surface area (Å²) in [5, 5.41) is 8.82. The average molecular weight is 272 g/mol. The Morgan fingerprint density at radius 3 is 2.42 bits per heavy atom. The smallest absolute Gasteiger partial charge is 0.410 e. The van der Waals surface area contributed by atoms with Crippen LogP contribution in [-0.2, 0) is 4.74 Å². The maximum atomic E-state index is 12.0. The van der Waals surface area contributed by atoms with Gasteiger partial charge in [-0.3, -0.25) is 0 Å². The second kappa shape index (κ2) is 7.10. The summed E-state index contributed by atoms with van der Waals surface area (Å²) in [5.74, 6) is 0. The maximum Gasteiger partial charge on any atom is 0.410 e. The maximum absolute atomic E-state index is 12.0. The van der Waals surface area contributed by atoms with Gasteiger partial charge in [0.15, 0.2) is 0 Å². The molecule has 0 spiro atoms. The number of carbonyl (C=O) groups is 1. The summed E-state index contributed by atoms with van der Waals surface area (Å²) in [5.41, 5.74) is -0.437. The largest absolute Gasteiger partial charge is 0.444 e. The molecule has 0 aromatic rings. The zero-order valence-corrected chi connectivity index (χ0v) is 12.7. The number of hydrogen-bond donors (Lipinski definition) is 1. The van der Waals surface area contributed by atoms with E-state index in [9.17, 15) is 4.79 Å². The van der Waals surface area contributed by atoms with Crippen LogP contribution in [0.3, 0.4) is 0 Å². The molecule has 0 unspecified atom stereocenters. The van der Waals surface area contributed by atoms with E-state index in [-0.39, 0.29) is 18.7 Å². The van der Waals surface area contributed by atoms with Gasteiger partial charge in [0.2, 0.25) is 0 Å². The molecule has 5 nitrogen and oxygen atoms in total. The third-order valence-electron chi connectivity index (χ3n) is 3.42. The van der Waals surface area contributed by atoms with Crippen molar-refractivity contribution in [2.75, 3.05) is 33.3 Å². The van der Waals surface area contributed by atoms with Crippen LogP contribution in [0.25, 0.3) is 0 Å². The van der Waals surface area contributed by atoms with Crippen molar-refractivity contribution in [2.24, 2.45) is 0 Å². The van der Waals surface area contributed by atoms with E-state index in [0.29, 0.717) is 0 Å². The molecule has 0 aliphatic carbocycles. The summed E-state index contributed by atoms with van der Waals surface area (Å²) in [4.78, 5) is 16.0. The molecule has 1 aliphatic heterocycles. The van der Waals surface area contributed by atoms with Crippen LogP contribution in [0.2, 0.25) is 0 Å². The molecule has 1 heterocycles. The Labute approximate surface area is 116 Å². The number of ether oxygens (including phenoxy) is 1. The molecule has 1 amide bonds. The summed E-state index contributed by atoms with van der Waals surface area (Å²) < 4.78 is 5.38. The van der Waals surface area contributed by atoms with E-state index in [1.54, 1.807) is 4.90 Å². The molecule has 0 aromatic heterocycles. The molecule has 1 fully saturated rings. The minimum Gasteiger partial charge on any atom is -0.444 e. The van der Waals surface area contributed by atoms with Gasteiger partial charge in [0.25, 0.3) is 0 Å². The lowest BCUT2D eigenvalue weighted by Gasteiger charge is -2.37. The summed E-state index contributed by atoms with van der Waals surface area (Å²) >= 11 is 0. The molecular formula is C14H28N2O3. The standard InChI is InChI=1S/C14H28N2O3/c1-14(2,3)19-13(18)15(4)12-6-9-16(10-7-12)8-5-11-17/h12,17H,5-11H2,1-4H3. The van der Waals surface area contributed by atoms with Crippen molar-refractivity contribution in [3.8, 4) is 0 Å². The topological polar surface area (TPSA) is 53.0 Å². The monoisotopic (exact) mass is 272 g/mol. The first-order chi connectivity index (χ1) is 8.83. The minimum absolute atomic E-state index is 0.235. The van der Waals surface area contributed by atoms with Gasteiger partial charge in [-0.15, -0.1) is 0 Å². The number of nitrogens with zero attached hydrogens (tertiary/aromatic N) is 2. The van der Waals surface area contributed by atoms with Gasteiger partial charge >= 0.3 is 6.09 Å². The lowest BCUT2D eigenvalue weighted by Crippen LogP contribution is -2.47. The van der Waals surface area contributed by atoms with Crippen molar-refractivity contribution in [1.29, 1.82) is 0 Å². The fourth-order valence-corrected chi connectivity index (χ4v) is 2.31. The lowest BCUT2D eigenvalue weighted by molar-refractivity contribution is 0.0151. The molecule has 19 heavy (non-hydrogen) atoms. The van der Waals surface area contributed by atoms with E-state index >= 15 is 0 Å². The normalized spacial score (nSPS) is 18.4. The van der Waals surface area contributed by atoms with Crippen molar-refractivity contribution in [3.63, 3.8) is 0 Å². The Bertz CT molecular complexity index is 281. The molecular weight excluding hydrogens is 244 g/mol. The van der Waals surface area contributed by atoms with Gasteiger partial charge in [-0.2, -0.15) is 0 Å². The quantitative estimate of drug-likeness (QED) is 0.846. The summed E-state index contributed by atoms with van der Waals surface area (Å²) in [6.07, 6.45) is 2.54. The van der Waals surface area contributed by atoms with Crippen molar-refractivity contribution in [3.05, 3.63) is 0 Å². The van der Waals surface area contributed by atoms with E-state index in [4.69, 9.17) is 9.84 Å². The Morgan fingerprint density at radius 1 is 1.37 bits per heavy atom. The third kappa shape index (κ3) is 5.78. The third-order valence-corrected chi connectivity index (χ3v) is 3.42. The first-order valence-corrected chi connectivity index (χ1v) is 7.12. The predicted octanol–water partition coefficient (Wildman–Crippen LogP) is 1.70. The lowest BCUT2D eigenvalue weighted by atomic mass is 10.0. The van der Waals surface area contributed by atoms with Gasteiger partial charge in [-0.25, -0.2) is 4.79 Å². The highest BCUT2D eigenvalue weighted by Gasteiger charge is 2.28. The number of piperidine rings is 1. The van der Waals surface area contributed by atoms with Gasteiger partial charge in [0, 0.05) is 39.3 Å². The van der Waals surface area contributed by atoms with Crippen molar-refractivity contribution in [2.45, 2.75) is 51.7 Å². The number of carbonyl (C=O) groups excluding carboxylic acids is 1. The van der Waals surface area contributed by atoms with Gasteiger partial charge in [-0.1, -0.05) is 0 Å². The van der Waals surface area contributed by atoms with Crippen LogP contribution in [0.4, 0.5) is 4.79 Å². The molecule has 1 N–H and O–H groups in total. The Morgan fingerprint density at radius 2 is 1.95 bits per heavy atom. The zero-order valence-electron chi connectivity index (χ0n) is 12.7. The minimum atomic E-state index is -0.437. The van der Waals surface area contributed by atoms with E-state index in [0.717, 1.165) is 38.9 Å². The van der Waals surface area contributed by atoms with Crippen LogP contribution in [0, 0.1) is 0 Å². The first kappa shape index (κ1) is 16.2. The van der Waals surface area contributed by atoms with Crippen LogP contribution < -0.4 is 0 Å². The number of likely N-dealkylation sites (tertiary alicyclic amines) is 1. The number of rotatable bonds is 4. The highest BCUT2D eigenvalue weighted by atomic mass is 16.6. The SMILES string of the molecule is CN(C(=O)OC(C)(C)C)C1CCN(CCCO)CC1. The number of aliphatic hydroxyl groups excluding tert-OH is 1. The van der Waals surface area contributed by atoms with Crippen molar-refractivity contribution in [1.82, 2.24) is 9.80 Å². The molecule has 0 bridgehead atoms. The van der Waals surface area contributed by atoms with Crippen LogP contribution in [-0.4, -0.2) is 65.9 Å². The summed E-state index contributed by atoms with van der Waals surface area (Å²) in [7, 11) is 1.82. The molecule has 0 saturated carbocycles. The summed E-state index contributed by atoms with van der Waals surface area (Å²) in [6, 6.07) is 0.264. The van der Waals surface area contributed by atoms with Gasteiger partial charge in [0.1, 0.15) is 5.60 Å². The number of amides is 1. The molecule has 1 rings (SSSR count). The van der Waals surface area contributed by atoms with E-state index in [1.807, 2.05) is 27.8 Å². The number of aliphatic hydroxyl groups is 1. The molecule has 112 valence electrons. The fourth-order valence-electron chi connectivity index (χ4n) is 2.31. The van der Waals surface area contributed by atoms with Gasteiger partial charge in [-0.05, 0) is 40.0 Å². The first-order valence-electron chi connectivity index (χ1n) is 7.12. The second-order valence-electron chi connectivity index (χ2n) is 6.24. The van der Waals surface area contributed by atoms with Crippen molar-refractivity contribution >= 4 is 6.09 Å². The zero-order chi connectivity index (χ0) is 14.5. The Hall–Kier alpha value is -0.810. The fraction of sp³-hybridized carbons (Fsp3) is 0.929. The van der Waals surface area contributed by atoms with Crippen molar-refractivity contribution < 1.29 is 14.6 Å². The molecule has 1 aliphatic rings. The van der Waals surface area contributed by atoms with E-state index in [2.05, 4.69) is 4.90 Å². The van der Waals surface area contributed by atoms with E-state index < -0.39 is 5.60 Å². The van der Waals surface area contributed by atoms with Crippen LogP contribution in [0.15, 0.2) is 0 Å². The molecule has 1 saturated heterocycles. The van der Waals surface area contributed by atoms with Crippen LogP contribution in [0.1, 0.15) is 40.0 Å². The Kier molecular flexibility index (Phi) is 6.07. The van der Waals surface area contributed by atoms with Gasteiger partial charge < -0.3 is 19.6 Å². The molecule has 0 atom stereocenters. The number of hydrogen-bond acceptors (Lipinski definition) is 4. The highest BCUT2D eigenvalue weighted by Crippen LogP contribution is 2.18. The highest BCUT2D eigenvalue weighted by molar-refractivity contribution is 5.68. The molecule has 0 radical (unpaired) electrons. The summed E-state index contributed by atoms with van der Waals surface area (Å²) in [6.45, 7) is 8.81. The Balaban J connectivity index is 2.36. The predicted molar refractivity (Wildman–Crippen MR) is 75.2 cm³/mol.